The van der Waals surface area contributed by atoms with Gasteiger partial charge in [-0.05, 0) is 57.1 Å². The number of aliphatic carboxylic acids is 1. The first-order valence-corrected chi connectivity index (χ1v) is 15.5. The van der Waals surface area contributed by atoms with Crippen molar-refractivity contribution in [3.8, 4) is 16.5 Å². The van der Waals surface area contributed by atoms with Crippen LogP contribution in [-0.4, -0.2) is 44.3 Å². The summed E-state index contributed by atoms with van der Waals surface area (Å²) in [5.74, 6) is -3.45. The fourth-order valence-electron chi connectivity index (χ4n) is 6.77. The molecule has 0 amide bonds. The number of rotatable bonds is 10. The van der Waals surface area contributed by atoms with Gasteiger partial charge in [-0.2, -0.15) is 5.48 Å². The van der Waals surface area contributed by atoms with Crippen molar-refractivity contribution >= 4 is 27.5 Å². The van der Waals surface area contributed by atoms with Crippen LogP contribution in [0, 0.1) is 18.8 Å². The van der Waals surface area contributed by atoms with E-state index in [0.29, 0.717) is 39.4 Å². The lowest BCUT2D eigenvalue weighted by molar-refractivity contribution is -0.146. The standard InChI is InChI=1S/C31H34F2N4O7S/c1-16-23-26(38)37(30(2,3)28(39)40)29(41)36(27(23)45-24(16)25-34-9-10-43-25)15-22(20-7-5-6-8-21(20)42-4)44-35-19-11-17-13-31(32,33)14-18(17)12-19/h5-10,17-19,22,35H,11-15H2,1-4H3,(H,39,40)/t17-,18+,19?,22?. The molecule has 3 heterocycles. The Morgan fingerprint density at radius 1 is 1.24 bits per heavy atom. The number of para-hydroxylation sites is 1. The first kappa shape index (κ1) is 31.1. The van der Waals surface area contributed by atoms with Crippen molar-refractivity contribution in [2.45, 2.75) is 76.6 Å². The number of carboxylic acid groups (broad SMARTS) is 1. The van der Waals surface area contributed by atoms with Crippen LogP contribution in [0.15, 0.2) is 50.7 Å². The minimum atomic E-state index is -2.64. The van der Waals surface area contributed by atoms with E-state index in [1.54, 1.807) is 31.2 Å². The fourth-order valence-corrected chi connectivity index (χ4v) is 8.01. The quantitative estimate of drug-likeness (QED) is 0.226. The largest absolute Gasteiger partial charge is 0.496 e. The number of carbonyl (C=O) groups is 1. The number of ether oxygens (including phenoxy) is 1. The Bertz CT molecular complexity index is 1850. The second-order valence-corrected chi connectivity index (χ2v) is 13.4. The van der Waals surface area contributed by atoms with Crippen LogP contribution >= 0.6 is 11.3 Å². The van der Waals surface area contributed by atoms with Gasteiger partial charge in [-0.25, -0.2) is 27.9 Å². The van der Waals surface area contributed by atoms with Crippen LogP contribution in [0.25, 0.3) is 21.0 Å². The van der Waals surface area contributed by atoms with E-state index in [2.05, 4.69) is 10.5 Å². The third-order valence-corrected chi connectivity index (χ3v) is 10.4. The molecule has 3 aromatic heterocycles. The van der Waals surface area contributed by atoms with Crippen molar-refractivity contribution < 1.29 is 32.7 Å². The van der Waals surface area contributed by atoms with Gasteiger partial charge >= 0.3 is 11.7 Å². The van der Waals surface area contributed by atoms with Gasteiger partial charge in [0.05, 0.1) is 30.1 Å². The predicted molar refractivity (Wildman–Crippen MR) is 162 cm³/mol. The number of thiophene rings is 1. The van der Waals surface area contributed by atoms with Crippen molar-refractivity contribution in [2.24, 2.45) is 11.8 Å². The maximum absolute atomic E-state index is 14.2. The van der Waals surface area contributed by atoms with Crippen LogP contribution in [0.3, 0.4) is 0 Å². The molecule has 240 valence electrons. The van der Waals surface area contributed by atoms with E-state index in [9.17, 15) is 28.3 Å². The highest BCUT2D eigenvalue weighted by atomic mass is 32.1. The van der Waals surface area contributed by atoms with Gasteiger partial charge in [0.1, 0.15) is 28.5 Å². The zero-order valence-corrected chi connectivity index (χ0v) is 26.0. The smallest absolute Gasteiger partial charge is 0.333 e. The molecule has 2 aliphatic rings. The number of hydroxylamine groups is 1. The topological polar surface area (TPSA) is 138 Å². The highest BCUT2D eigenvalue weighted by Gasteiger charge is 2.50. The lowest BCUT2D eigenvalue weighted by Gasteiger charge is -2.26. The Morgan fingerprint density at radius 3 is 2.56 bits per heavy atom. The van der Waals surface area contributed by atoms with E-state index in [-0.39, 0.29) is 48.5 Å². The van der Waals surface area contributed by atoms with Crippen molar-refractivity contribution in [1.29, 1.82) is 0 Å². The van der Waals surface area contributed by atoms with Crippen LogP contribution in [0.2, 0.25) is 0 Å². The minimum absolute atomic E-state index is 0.0995. The molecule has 0 bridgehead atoms. The summed E-state index contributed by atoms with van der Waals surface area (Å²) in [4.78, 5) is 51.7. The molecule has 0 saturated heterocycles. The molecule has 2 fully saturated rings. The first-order valence-electron chi connectivity index (χ1n) is 14.7. The van der Waals surface area contributed by atoms with Gasteiger partial charge in [0.15, 0.2) is 0 Å². The predicted octanol–water partition coefficient (Wildman–Crippen LogP) is 5.10. The molecular weight excluding hydrogens is 610 g/mol. The number of methoxy groups -OCH3 is 1. The van der Waals surface area contributed by atoms with E-state index in [1.807, 2.05) is 0 Å². The summed E-state index contributed by atoms with van der Waals surface area (Å²) in [5, 5.41) is 10.2. The molecule has 2 saturated carbocycles. The molecule has 4 aromatic rings. The average Bonchev–Trinajstić information content (AvgIpc) is 3.75. The summed E-state index contributed by atoms with van der Waals surface area (Å²) in [6.07, 6.45) is 2.79. The number of fused-ring (bicyclic) bond motifs is 2. The summed E-state index contributed by atoms with van der Waals surface area (Å²) in [5.41, 5.74) is 0.714. The Morgan fingerprint density at radius 2 is 1.93 bits per heavy atom. The highest BCUT2D eigenvalue weighted by molar-refractivity contribution is 7.22. The van der Waals surface area contributed by atoms with E-state index < -0.39 is 34.8 Å². The number of aromatic nitrogens is 3. The average molecular weight is 645 g/mol. The number of alkyl halides is 2. The Labute approximate surface area is 260 Å². The lowest BCUT2D eigenvalue weighted by Crippen LogP contribution is -2.52. The van der Waals surface area contributed by atoms with E-state index in [1.165, 1.54) is 38.0 Å². The molecule has 0 spiro atoms. The summed E-state index contributed by atoms with van der Waals surface area (Å²) < 4.78 is 41.1. The van der Waals surface area contributed by atoms with Gasteiger partial charge in [0.2, 0.25) is 11.8 Å². The van der Waals surface area contributed by atoms with Gasteiger partial charge < -0.3 is 14.3 Å². The Kier molecular flexibility index (Phi) is 7.94. The molecule has 2 unspecified atom stereocenters. The van der Waals surface area contributed by atoms with Crippen molar-refractivity contribution in [2.75, 3.05) is 7.11 Å². The Balaban J connectivity index is 1.45. The lowest BCUT2D eigenvalue weighted by atomic mass is 10.0. The second kappa shape index (κ2) is 11.5. The zero-order chi connectivity index (χ0) is 32.3. The van der Waals surface area contributed by atoms with Crippen molar-refractivity contribution in [3.63, 3.8) is 0 Å². The Hall–Kier alpha value is -3.88. The molecule has 4 atom stereocenters. The maximum atomic E-state index is 14.2. The molecule has 6 rings (SSSR count). The molecule has 0 aliphatic heterocycles. The third kappa shape index (κ3) is 5.48. The maximum Gasteiger partial charge on any atom is 0.333 e. The van der Waals surface area contributed by atoms with Crippen LogP contribution in [0.4, 0.5) is 8.78 Å². The van der Waals surface area contributed by atoms with Crippen molar-refractivity contribution in [3.05, 3.63) is 68.7 Å². The number of halogens is 2. The minimum Gasteiger partial charge on any atom is -0.496 e. The number of hydrogen-bond acceptors (Lipinski definition) is 9. The number of aryl methyl sites for hydroxylation is 1. The first-order chi connectivity index (χ1) is 21.3. The number of nitrogens with zero attached hydrogens (tertiary/aromatic N) is 3. The van der Waals surface area contributed by atoms with Crippen LogP contribution in [0.1, 0.15) is 56.8 Å². The van der Waals surface area contributed by atoms with E-state index in [4.69, 9.17) is 14.0 Å². The normalized spacial score (nSPS) is 21.7. The molecular formula is C31H34F2N4O7S. The number of hydrogen-bond donors (Lipinski definition) is 2. The molecule has 0 radical (unpaired) electrons. The third-order valence-electron chi connectivity index (χ3n) is 9.10. The van der Waals surface area contributed by atoms with Gasteiger partial charge in [0.25, 0.3) is 5.56 Å². The molecule has 2 aliphatic carbocycles. The van der Waals surface area contributed by atoms with Crippen LogP contribution in [-0.2, 0) is 21.7 Å². The summed E-state index contributed by atoms with van der Waals surface area (Å²) in [6, 6.07) is 6.93. The van der Waals surface area contributed by atoms with Crippen molar-refractivity contribution in [1.82, 2.24) is 19.6 Å². The van der Waals surface area contributed by atoms with Crippen LogP contribution < -0.4 is 21.5 Å². The fraction of sp³-hybridized carbons (Fsp3) is 0.484. The van der Waals surface area contributed by atoms with E-state index >= 15 is 0 Å². The zero-order valence-electron chi connectivity index (χ0n) is 25.2. The van der Waals surface area contributed by atoms with Crippen LogP contribution in [0.5, 0.6) is 5.75 Å². The summed E-state index contributed by atoms with van der Waals surface area (Å²) in [7, 11) is 1.51. The van der Waals surface area contributed by atoms with Gasteiger partial charge in [-0.1, -0.05) is 18.2 Å². The van der Waals surface area contributed by atoms with Gasteiger partial charge in [-0.15, -0.1) is 11.3 Å². The monoisotopic (exact) mass is 644 g/mol. The number of oxazole rings is 1. The molecule has 1 aromatic carbocycles. The molecule has 11 nitrogen and oxygen atoms in total. The highest BCUT2D eigenvalue weighted by Crippen LogP contribution is 2.51. The molecule has 2 N–H and O–H groups in total. The van der Waals surface area contributed by atoms with Gasteiger partial charge in [0, 0.05) is 24.4 Å². The molecule has 14 heteroatoms. The SMILES string of the molecule is COc1ccccc1C(Cn1c(=O)n(C(C)(C)C(=O)O)c(=O)c2c(C)c(-c3ncco3)sc21)ONC1C[C@@H]2CC(F)(F)C[C@@H]2C1. The number of nitrogens with one attached hydrogen (secondary N) is 1. The summed E-state index contributed by atoms with van der Waals surface area (Å²) in [6.45, 7) is 4.15. The second-order valence-electron chi connectivity index (χ2n) is 12.4. The number of benzene rings is 1. The molecule has 45 heavy (non-hydrogen) atoms. The van der Waals surface area contributed by atoms with Gasteiger partial charge in [-0.3, -0.25) is 14.2 Å². The van der Waals surface area contributed by atoms with E-state index in [0.717, 1.165) is 15.9 Å². The number of carboxylic acids is 1. The summed E-state index contributed by atoms with van der Waals surface area (Å²) >= 11 is 1.13.